The summed E-state index contributed by atoms with van der Waals surface area (Å²) < 4.78 is 11.7. The van der Waals surface area contributed by atoms with Crippen LogP contribution in [0.5, 0.6) is 0 Å². The average Bonchev–Trinajstić information content (AvgIpc) is 3.34. The zero-order chi connectivity index (χ0) is 16.4. The number of thioether (sulfide) groups is 1. The van der Waals surface area contributed by atoms with E-state index >= 15 is 0 Å². The zero-order valence-corrected chi connectivity index (χ0v) is 14.5. The number of H-pyrrole nitrogens is 1. The molecule has 0 amide bonds. The Balaban J connectivity index is 1.45. The molecule has 4 aromatic rings. The fraction of sp³-hybridized carbons (Fsp3) is 0.0667. The predicted molar refractivity (Wildman–Crippen MR) is 91.1 cm³/mol. The molecule has 1 aromatic carbocycles. The summed E-state index contributed by atoms with van der Waals surface area (Å²) in [7, 11) is 0. The van der Waals surface area contributed by atoms with Gasteiger partial charge >= 0.3 is 0 Å². The van der Waals surface area contributed by atoms with Crippen LogP contribution in [0.4, 0.5) is 0 Å². The zero-order valence-electron chi connectivity index (χ0n) is 12.1. The Morgan fingerprint density at radius 1 is 1.12 bits per heavy atom. The predicted octanol–water partition coefficient (Wildman–Crippen LogP) is 4.17. The topological polar surface area (TPSA) is 93.6 Å². The Hall–Kier alpha value is -2.39. The smallest absolute Gasteiger partial charge is 0.283 e. The molecule has 0 unspecified atom stereocenters. The SMILES string of the molecule is Brc1ccccc1-c1nc(SCc2nnc(-c3ccco3)o2)n[nH]1. The molecule has 24 heavy (non-hydrogen) atoms. The summed E-state index contributed by atoms with van der Waals surface area (Å²) in [6.45, 7) is 0. The Kier molecular flexibility index (Phi) is 4.18. The Labute approximate surface area is 149 Å². The maximum atomic E-state index is 5.55. The number of hydrogen-bond donors (Lipinski definition) is 1. The maximum absolute atomic E-state index is 5.55. The molecule has 9 heteroatoms. The normalized spacial score (nSPS) is 11.0. The second kappa shape index (κ2) is 6.62. The van der Waals surface area contributed by atoms with Crippen molar-refractivity contribution in [3.8, 4) is 23.0 Å². The quantitative estimate of drug-likeness (QED) is 0.499. The van der Waals surface area contributed by atoms with Gasteiger partial charge in [-0.15, -0.1) is 15.3 Å². The number of nitrogens with one attached hydrogen (secondary N) is 1. The minimum Gasteiger partial charge on any atom is -0.459 e. The van der Waals surface area contributed by atoms with E-state index in [1.165, 1.54) is 11.8 Å². The van der Waals surface area contributed by atoms with Gasteiger partial charge in [-0.25, -0.2) is 4.98 Å². The van der Waals surface area contributed by atoms with Crippen molar-refractivity contribution in [2.24, 2.45) is 0 Å². The molecule has 1 N–H and O–H groups in total. The number of aromatic amines is 1. The maximum Gasteiger partial charge on any atom is 0.283 e. The molecule has 0 radical (unpaired) electrons. The minimum absolute atomic E-state index is 0.361. The number of rotatable bonds is 5. The van der Waals surface area contributed by atoms with Crippen molar-refractivity contribution in [1.29, 1.82) is 0 Å². The van der Waals surface area contributed by atoms with Gasteiger partial charge in [0, 0.05) is 10.0 Å². The Morgan fingerprint density at radius 3 is 2.88 bits per heavy atom. The Morgan fingerprint density at radius 2 is 2.04 bits per heavy atom. The first-order valence-electron chi connectivity index (χ1n) is 6.96. The molecule has 3 aromatic heterocycles. The van der Waals surface area contributed by atoms with Crippen molar-refractivity contribution in [3.63, 3.8) is 0 Å². The van der Waals surface area contributed by atoms with Gasteiger partial charge in [0.2, 0.25) is 11.0 Å². The number of nitrogens with zero attached hydrogens (tertiary/aromatic N) is 4. The third kappa shape index (κ3) is 3.13. The van der Waals surface area contributed by atoms with Crippen LogP contribution in [0.3, 0.4) is 0 Å². The van der Waals surface area contributed by atoms with Crippen LogP contribution in [0.25, 0.3) is 23.0 Å². The van der Waals surface area contributed by atoms with Crippen molar-refractivity contribution in [1.82, 2.24) is 25.4 Å². The molecule has 4 rings (SSSR count). The van der Waals surface area contributed by atoms with Crippen molar-refractivity contribution in [3.05, 3.63) is 53.0 Å². The van der Waals surface area contributed by atoms with Gasteiger partial charge in [-0.3, -0.25) is 5.10 Å². The molecule has 0 bridgehead atoms. The lowest BCUT2D eigenvalue weighted by molar-refractivity contribution is 0.494. The molecule has 0 saturated heterocycles. The first kappa shape index (κ1) is 15.2. The molecule has 0 saturated carbocycles. The highest BCUT2D eigenvalue weighted by Gasteiger charge is 2.13. The first-order valence-corrected chi connectivity index (χ1v) is 8.74. The number of hydrogen-bond acceptors (Lipinski definition) is 7. The minimum atomic E-state index is 0.361. The highest BCUT2D eigenvalue weighted by molar-refractivity contribution is 9.10. The Bertz CT molecular complexity index is 950. The van der Waals surface area contributed by atoms with Gasteiger partial charge in [-0.1, -0.05) is 45.9 Å². The highest BCUT2D eigenvalue weighted by atomic mass is 79.9. The molecule has 0 aliphatic rings. The molecule has 0 atom stereocenters. The van der Waals surface area contributed by atoms with Gasteiger partial charge < -0.3 is 8.83 Å². The largest absolute Gasteiger partial charge is 0.459 e. The van der Waals surface area contributed by atoms with Gasteiger partial charge in [-0.05, 0) is 18.2 Å². The summed E-state index contributed by atoms with van der Waals surface area (Å²) in [5, 5.41) is 15.7. The van der Waals surface area contributed by atoms with Crippen molar-refractivity contribution < 1.29 is 8.83 Å². The third-order valence-electron chi connectivity index (χ3n) is 3.12. The van der Waals surface area contributed by atoms with E-state index in [2.05, 4.69) is 41.3 Å². The molecule has 0 fully saturated rings. The van der Waals surface area contributed by atoms with Crippen molar-refractivity contribution in [2.75, 3.05) is 0 Å². The summed E-state index contributed by atoms with van der Waals surface area (Å²) in [6, 6.07) is 11.4. The van der Waals surface area contributed by atoms with E-state index in [9.17, 15) is 0 Å². The lowest BCUT2D eigenvalue weighted by Gasteiger charge is -1.98. The summed E-state index contributed by atoms with van der Waals surface area (Å²) >= 11 is 4.91. The molecule has 0 spiro atoms. The summed E-state index contributed by atoms with van der Waals surface area (Å²) in [5.74, 6) is 2.57. The van der Waals surface area contributed by atoms with Crippen LogP contribution in [-0.2, 0) is 5.75 Å². The number of halogens is 1. The van der Waals surface area contributed by atoms with Crippen LogP contribution >= 0.6 is 27.7 Å². The lowest BCUT2D eigenvalue weighted by Crippen LogP contribution is -1.83. The first-order chi connectivity index (χ1) is 11.8. The summed E-state index contributed by atoms with van der Waals surface area (Å²) in [5.41, 5.74) is 0.953. The van der Waals surface area contributed by atoms with Crippen molar-refractivity contribution >= 4 is 27.7 Å². The highest BCUT2D eigenvalue weighted by Crippen LogP contribution is 2.27. The van der Waals surface area contributed by atoms with Gasteiger partial charge in [0.15, 0.2) is 11.6 Å². The number of aromatic nitrogens is 5. The molecule has 0 aliphatic carbocycles. The average molecular weight is 404 g/mol. The van der Waals surface area contributed by atoms with Gasteiger partial charge in [0.05, 0.1) is 12.0 Å². The number of benzene rings is 1. The monoisotopic (exact) mass is 403 g/mol. The van der Waals surface area contributed by atoms with E-state index < -0.39 is 0 Å². The van der Waals surface area contributed by atoms with E-state index in [1.807, 2.05) is 24.3 Å². The fourth-order valence-electron chi connectivity index (χ4n) is 2.02. The van der Waals surface area contributed by atoms with Crippen LogP contribution in [0.2, 0.25) is 0 Å². The van der Waals surface area contributed by atoms with Gasteiger partial charge in [-0.2, -0.15) is 0 Å². The van der Waals surface area contributed by atoms with E-state index in [4.69, 9.17) is 8.83 Å². The van der Waals surface area contributed by atoms with E-state index in [0.717, 1.165) is 10.0 Å². The van der Waals surface area contributed by atoms with Gasteiger partial charge in [0.25, 0.3) is 5.89 Å². The second-order valence-corrected chi connectivity index (χ2v) is 6.51. The molecule has 7 nitrogen and oxygen atoms in total. The van der Waals surface area contributed by atoms with Crippen LogP contribution in [-0.4, -0.2) is 25.4 Å². The molecular formula is C15H10BrN5O2S. The number of furan rings is 1. The standard InChI is InChI=1S/C15H10BrN5O2S/c16-10-5-2-1-4-9(10)13-17-15(21-19-13)24-8-12-18-20-14(23-12)11-6-3-7-22-11/h1-7H,8H2,(H,17,19,21). The summed E-state index contributed by atoms with van der Waals surface area (Å²) in [4.78, 5) is 4.47. The van der Waals surface area contributed by atoms with Crippen LogP contribution in [0.15, 0.2) is 61.1 Å². The van der Waals surface area contributed by atoms with E-state index in [0.29, 0.717) is 34.3 Å². The van der Waals surface area contributed by atoms with Crippen LogP contribution in [0, 0.1) is 0 Å². The molecule has 3 heterocycles. The summed E-state index contributed by atoms with van der Waals surface area (Å²) in [6.07, 6.45) is 1.56. The van der Waals surface area contributed by atoms with Crippen LogP contribution in [0.1, 0.15) is 5.89 Å². The lowest BCUT2D eigenvalue weighted by atomic mass is 10.2. The van der Waals surface area contributed by atoms with Crippen LogP contribution < -0.4 is 0 Å². The van der Waals surface area contributed by atoms with Gasteiger partial charge in [0.1, 0.15) is 0 Å². The second-order valence-electron chi connectivity index (χ2n) is 4.71. The molecule has 120 valence electrons. The van der Waals surface area contributed by atoms with Crippen molar-refractivity contribution in [2.45, 2.75) is 10.9 Å². The third-order valence-corrected chi connectivity index (χ3v) is 4.64. The fourth-order valence-corrected chi connectivity index (χ4v) is 3.13. The molecular weight excluding hydrogens is 394 g/mol. The van der Waals surface area contributed by atoms with E-state index in [1.54, 1.807) is 18.4 Å². The molecule has 0 aliphatic heterocycles. The van der Waals surface area contributed by atoms with E-state index in [-0.39, 0.29) is 0 Å².